The van der Waals surface area contributed by atoms with Gasteiger partial charge in [-0.25, -0.2) is 8.78 Å². The van der Waals surface area contributed by atoms with Crippen LogP contribution in [0.15, 0.2) is 36.1 Å². The molecule has 0 aliphatic carbocycles. The van der Waals surface area contributed by atoms with Crippen LogP contribution in [-0.2, 0) is 0 Å². The van der Waals surface area contributed by atoms with E-state index in [2.05, 4.69) is 41.6 Å². The van der Waals surface area contributed by atoms with Crippen LogP contribution in [0.3, 0.4) is 0 Å². The van der Waals surface area contributed by atoms with Crippen molar-refractivity contribution >= 4 is 11.4 Å². The monoisotopic (exact) mass is 363 g/mol. The Bertz CT molecular complexity index is 678. The molecule has 0 bridgehead atoms. The second-order valence-corrected chi connectivity index (χ2v) is 7.00. The summed E-state index contributed by atoms with van der Waals surface area (Å²) in [4.78, 5) is 0. The van der Waals surface area contributed by atoms with Gasteiger partial charge in [-0.3, -0.25) is 0 Å². The molecule has 1 saturated heterocycles. The van der Waals surface area contributed by atoms with Crippen LogP contribution in [0.5, 0.6) is 0 Å². The fourth-order valence-electron chi connectivity index (χ4n) is 3.66. The van der Waals surface area contributed by atoms with Crippen molar-refractivity contribution in [1.29, 1.82) is 0 Å². The van der Waals surface area contributed by atoms with Gasteiger partial charge in [0.1, 0.15) is 5.83 Å². The van der Waals surface area contributed by atoms with E-state index in [9.17, 15) is 8.78 Å². The van der Waals surface area contributed by atoms with Gasteiger partial charge in [0.05, 0.1) is 5.83 Å². The second kappa shape index (κ2) is 9.17. The highest BCUT2D eigenvalue weighted by atomic mass is 19.1. The minimum atomic E-state index is -0.333. The minimum Gasteiger partial charge on any atom is -0.381 e. The average Bonchev–Trinajstić information content (AvgIpc) is 2.98. The van der Waals surface area contributed by atoms with Gasteiger partial charge in [-0.2, -0.15) is 0 Å². The lowest BCUT2D eigenvalue weighted by atomic mass is 9.89. The van der Waals surface area contributed by atoms with Gasteiger partial charge in [0.2, 0.25) is 0 Å². The number of hydrogen-bond donors (Lipinski definition) is 3. The van der Waals surface area contributed by atoms with E-state index in [0.717, 1.165) is 25.2 Å². The molecule has 1 unspecified atom stereocenters. The third kappa shape index (κ3) is 4.85. The molecule has 2 atom stereocenters. The summed E-state index contributed by atoms with van der Waals surface area (Å²) in [7, 11) is 0. The topological polar surface area (TPSA) is 36.1 Å². The van der Waals surface area contributed by atoms with Gasteiger partial charge < -0.3 is 16.0 Å². The lowest BCUT2D eigenvalue weighted by Gasteiger charge is -2.26. The van der Waals surface area contributed by atoms with E-state index in [1.165, 1.54) is 23.7 Å². The van der Waals surface area contributed by atoms with E-state index in [1.54, 1.807) is 0 Å². The van der Waals surface area contributed by atoms with Gasteiger partial charge in [-0.15, -0.1) is 0 Å². The minimum absolute atomic E-state index is 0.0454. The van der Waals surface area contributed by atoms with E-state index in [-0.39, 0.29) is 11.7 Å². The Morgan fingerprint density at radius 1 is 1.27 bits per heavy atom. The first-order valence-corrected chi connectivity index (χ1v) is 9.44. The van der Waals surface area contributed by atoms with Crippen LogP contribution in [0.25, 0.3) is 0 Å². The van der Waals surface area contributed by atoms with E-state index in [0.29, 0.717) is 30.5 Å². The highest BCUT2D eigenvalue weighted by Gasteiger charge is 2.34. The zero-order chi connectivity index (χ0) is 19.3. The first-order chi connectivity index (χ1) is 12.4. The number of halogens is 2. The van der Waals surface area contributed by atoms with Crippen LogP contribution < -0.4 is 16.0 Å². The lowest BCUT2D eigenvalue weighted by molar-refractivity contribution is 0.440. The molecule has 5 heteroatoms. The van der Waals surface area contributed by atoms with Gasteiger partial charge in [0.25, 0.3) is 0 Å². The predicted octanol–water partition coefficient (Wildman–Crippen LogP) is 5.77. The number of benzene rings is 1. The van der Waals surface area contributed by atoms with Gasteiger partial charge in [0.15, 0.2) is 0 Å². The first-order valence-electron chi connectivity index (χ1n) is 9.44. The highest BCUT2D eigenvalue weighted by Crippen LogP contribution is 2.42. The van der Waals surface area contributed by atoms with Crippen LogP contribution in [0.4, 0.5) is 20.2 Å². The van der Waals surface area contributed by atoms with Crippen molar-refractivity contribution < 1.29 is 8.78 Å². The second-order valence-electron chi connectivity index (χ2n) is 7.00. The summed E-state index contributed by atoms with van der Waals surface area (Å²) < 4.78 is 24.7. The van der Waals surface area contributed by atoms with Crippen molar-refractivity contribution in [3.63, 3.8) is 0 Å². The number of nitrogens with one attached hydrogen (secondary N) is 3. The Labute approximate surface area is 156 Å². The molecule has 26 heavy (non-hydrogen) atoms. The van der Waals surface area contributed by atoms with Crippen molar-refractivity contribution in [2.24, 2.45) is 0 Å². The van der Waals surface area contributed by atoms with Crippen LogP contribution in [0, 0.1) is 6.92 Å². The maximum atomic E-state index is 13.9. The smallest absolute Gasteiger partial charge is 0.119 e. The maximum Gasteiger partial charge on any atom is 0.119 e. The molecule has 3 rings (SSSR count). The quantitative estimate of drug-likeness (QED) is 0.636. The van der Waals surface area contributed by atoms with E-state index in [1.807, 2.05) is 13.8 Å². The predicted molar refractivity (Wildman–Crippen MR) is 107 cm³/mol. The molecule has 3 N–H and O–H groups in total. The molecule has 1 aromatic rings. The summed E-state index contributed by atoms with van der Waals surface area (Å²) in [5.41, 5.74) is 5.59. The van der Waals surface area contributed by atoms with Gasteiger partial charge in [-0.1, -0.05) is 20.4 Å². The Kier molecular flexibility index (Phi) is 7.21. The molecule has 1 aromatic carbocycles. The Balaban J connectivity index is 0.000000552. The molecule has 0 aromatic heterocycles. The molecule has 2 aliphatic rings. The van der Waals surface area contributed by atoms with Crippen molar-refractivity contribution in [3.8, 4) is 0 Å². The van der Waals surface area contributed by atoms with Crippen LogP contribution in [0.1, 0.15) is 57.1 Å². The molecule has 1 fully saturated rings. The Hall–Kier alpha value is -1.88. The van der Waals surface area contributed by atoms with Crippen LogP contribution in [0.2, 0.25) is 0 Å². The fraction of sp³-hybridized carbons (Fsp3) is 0.524. The summed E-state index contributed by atoms with van der Waals surface area (Å²) in [5.74, 6) is 0.144. The molecule has 2 heterocycles. The standard InChI is InChI=1S/C18H26FN3.C3H5F/c1-4-15(19)16(5-2)21-12-8-11(3)18-13(9-12)14-10-20-7-6-17(14)22-18;1-3(2)4/h8-9,14,17,20-22H,4-7,10H2,1-3H3;1H2,2H3/b16-15-;/t14?,17-;/m0./s1. The normalized spacial score (nSPS) is 21.5. The van der Waals surface area contributed by atoms with Crippen LogP contribution in [-0.4, -0.2) is 19.1 Å². The summed E-state index contributed by atoms with van der Waals surface area (Å²) in [6.45, 7) is 12.3. The van der Waals surface area contributed by atoms with E-state index >= 15 is 0 Å². The van der Waals surface area contributed by atoms with E-state index < -0.39 is 0 Å². The third-order valence-electron chi connectivity index (χ3n) is 4.86. The van der Waals surface area contributed by atoms with Gasteiger partial charge in [-0.05, 0) is 62.9 Å². The van der Waals surface area contributed by atoms with Crippen molar-refractivity contribution in [2.45, 2.75) is 58.9 Å². The molecular formula is C21H31F2N3. The third-order valence-corrected chi connectivity index (χ3v) is 4.86. The molecular weight excluding hydrogens is 332 g/mol. The largest absolute Gasteiger partial charge is 0.381 e. The van der Waals surface area contributed by atoms with Crippen molar-refractivity contribution in [1.82, 2.24) is 5.32 Å². The number of anilines is 2. The maximum absolute atomic E-state index is 13.9. The summed E-state index contributed by atoms with van der Waals surface area (Å²) in [6.07, 6.45) is 2.28. The summed E-state index contributed by atoms with van der Waals surface area (Å²) in [5, 5.41) is 10.5. The molecule has 144 valence electrons. The van der Waals surface area contributed by atoms with E-state index in [4.69, 9.17) is 0 Å². The molecule has 3 nitrogen and oxygen atoms in total. The zero-order valence-corrected chi connectivity index (χ0v) is 16.3. The SMILES string of the molecule is C=C(C)F.CC/C(F)=C(\CC)Nc1cc(C)c2c(c1)C1CNCC[C@@H]1N2. The number of allylic oxidation sites excluding steroid dienone is 3. The fourth-order valence-corrected chi connectivity index (χ4v) is 3.66. The van der Waals surface area contributed by atoms with Gasteiger partial charge >= 0.3 is 0 Å². The van der Waals surface area contributed by atoms with Gasteiger partial charge in [0, 0.05) is 35.6 Å². The first kappa shape index (κ1) is 20.4. The molecule has 0 radical (unpaired) electrons. The zero-order valence-electron chi connectivity index (χ0n) is 16.3. The molecule has 2 aliphatic heterocycles. The highest BCUT2D eigenvalue weighted by molar-refractivity contribution is 5.70. The summed E-state index contributed by atoms with van der Waals surface area (Å²) in [6, 6.07) is 4.86. The molecule has 0 saturated carbocycles. The number of fused-ring (bicyclic) bond motifs is 3. The summed E-state index contributed by atoms with van der Waals surface area (Å²) >= 11 is 0. The number of hydrogen-bond acceptors (Lipinski definition) is 3. The number of aryl methyl sites for hydroxylation is 1. The Morgan fingerprint density at radius 3 is 2.58 bits per heavy atom. The lowest BCUT2D eigenvalue weighted by Crippen LogP contribution is -2.38. The number of piperidine rings is 1. The molecule has 0 spiro atoms. The van der Waals surface area contributed by atoms with Crippen molar-refractivity contribution in [3.05, 3.63) is 47.2 Å². The van der Waals surface area contributed by atoms with Crippen molar-refractivity contribution in [2.75, 3.05) is 23.7 Å². The average molecular weight is 363 g/mol. The molecule has 0 amide bonds. The Morgan fingerprint density at radius 2 is 1.96 bits per heavy atom. The number of rotatable bonds is 4. The van der Waals surface area contributed by atoms with Crippen LogP contribution >= 0.6 is 0 Å².